The van der Waals surface area contributed by atoms with E-state index in [9.17, 15) is 19.5 Å². The number of carboxylic acid groups (broad SMARTS) is 1. The Morgan fingerprint density at radius 1 is 1.21 bits per heavy atom. The number of hydroxylamine groups is 2. The maximum absolute atomic E-state index is 13.3. The zero-order valence-corrected chi connectivity index (χ0v) is 23.2. The SMILES string of the molecule is CCCON(CCC)C(=O)CN1C[C@H](c2cc(OC)c3c(c2)OCO3)C(C(=O)O)[C@@H]1CCCN1CCCC1=O. The van der Waals surface area contributed by atoms with Crippen molar-refractivity contribution in [3.05, 3.63) is 17.7 Å². The van der Waals surface area contributed by atoms with E-state index in [0.717, 1.165) is 31.4 Å². The highest BCUT2D eigenvalue weighted by atomic mass is 16.7. The zero-order valence-electron chi connectivity index (χ0n) is 23.2. The van der Waals surface area contributed by atoms with Crippen molar-refractivity contribution in [3.8, 4) is 17.2 Å². The van der Waals surface area contributed by atoms with Crippen molar-refractivity contribution in [2.45, 2.75) is 64.3 Å². The lowest BCUT2D eigenvalue weighted by Gasteiger charge is -2.29. The Balaban J connectivity index is 1.59. The number of ether oxygens (including phenoxy) is 3. The molecule has 0 aliphatic carbocycles. The first kappa shape index (κ1) is 28.9. The quantitative estimate of drug-likeness (QED) is 0.351. The highest BCUT2D eigenvalue weighted by Crippen LogP contribution is 2.47. The van der Waals surface area contributed by atoms with Gasteiger partial charge in [0.1, 0.15) is 0 Å². The number of methoxy groups -OCH3 is 1. The standard InChI is InChI=1S/C28H41N3O8/c1-4-10-31(39-13-5-2)25(33)17-30-16-20(19-14-22(36-3)27-23(15-19)37-18-38-27)26(28(34)35)21(30)8-6-11-29-12-7-9-24(29)32/h14-15,20-21,26H,4-13,16-18H2,1-3H3,(H,34,35)/t20-,21+,26?/m1/s1. The fourth-order valence-corrected chi connectivity index (χ4v) is 5.90. The number of fused-ring (bicyclic) bond motifs is 1. The van der Waals surface area contributed by atoms with Crippen LogP contribution in [0.15, 0.2) is 12.1 Å². The lowest BCUT2D eigenvalue weighted by Crippen LogP contribution is -2.44. The third-order valence-electron chi connectivity index (χ3n) is 7.74. The molecule has 1 aromatic rings. The van der Waals surface area contributed by atoms with Crippen molar-refractivity contribution in [1.29, 1.82) is 0 Å². The molecule has 3 atom stereocenters. The number of amides is 2. The van der Waals surface area contributed by atoms with Crippen LogP contribution in [-0.4, -0.2) is 97.0 Å². The number of hydrogen-bond acceptors (Lipinski definition) is 8. The first-order valence-corrected chi connectivity index (χ1v) is 14.0. The smallest absolute Gasteiger partial charge is 0.308 e. The maximum atomic E-state index is 13.3. The van der Waals surface area contributed by atoms with Crippen molar-refractivity contribution in [1.82, 2.24) is 14.9 Å². The molecular formula is C28H41N3O8. The second kappa shape index (κ2) is 13.3. The monoisotopic (exact) mass is 547 g/mol. The van der Waals surface area contributed by atoms with E-state index in [2.05, 4.69) is 0 Å². The van der Waals surface area contributed by atoms with Gasteiger partial charge in [-0.1, -0.05) is 13.8 Å². The Labute approximate surface area is 229 Å². The molecule has 0 saturated carbocycles. The molecule has 11 heteroatoms. The number of hydrogen-bond donors (Lipinski definition) is 1. The number of carboxylic acids is 1. The predicted molar refractivity (Wildman–Crippen MR) is 142 cm³/mol. The van der Waals surface area contributed by atoms with Crippen molar-refractivity contribution in [3.63, 3.8) is 0 Å². The number of aliphatic carboxylic acids is 1. The van der Waals surface area contributed by atoms with Crippen LogP contribution in [0, 0.1) is 5.92 Å². The number of rotatable bonds is 14. The third kappa shape index (κ3) is 6.58. The minimum absolute atomic E-state index is 0.0546. The molecule has 0 radical (unpaired) electrons. The summed E-state index contributed by atoms with van der Waals surface area (Å²) in [6, 6.07) is 3.25. The normalized spacial score (nSPS) is 22.5. The van der Waals surface area contributed by atoms with E-state index >= 15 is 0 Å². The van der Waals surface area contributed by atoms with E-state index < -0.39 is 17.8 Å². The summed E-state index contributed by atoms with van der Waals surface area (Å²) in [5, 5.41) is 11.9. The number of carbonyl (C=O) groups is 3. The molecule has 0 spiro atoms. The van der Waals surface area contributed by atoms with Gasteiger partial charge in [0.25, 0.3) is 5.91 Å². The van der Waals surface area contributed by atoms with E-state index in [-0.39, 0.29) is 31.2 Å². The van der Waals surface area contributed by atoms with Crippen LogP contribution >= 0.6 is 0 Å². The number of benzene rings is 1. The molecule has 3 heterocycles. The maximum Gasteiger partial charge on any atom is 0.308 e. The predicted octanol–water partition coefficient (Wildman–Crippen LogP) is 2.88. The lowest BCUT2D eigenvalue weighted by atomic mass is 9.83. The van der Waals surface area contributed by atoms with Gasteiger partial charge in [-0.25, -0.2) is 5.06 Å². The summed E-state index contributed by atoms with van der Waals surface area (Å²) in [7, 11) is 1.54. The summed E-state index contributed by atoms with van der Waals surface area (Å²) in [4.78, 5) is 47.8. The molecule has 1 aromatic carbocycles. The van der Waals surface area contributed by atoms with E-state index in [1.807, 2.05) is 35.8 Å². The molecule has 3 aliphatic heterocycles. The van der Waals surface area contributed by atoms with Crippen LogP contribution in [0.25, 0.3) is 0 Å². The number of carbonyl (C=O) groups excluding carboxylic acids is 2. The number of likely N-dealkylation sites (tertiary alicyclic amines) is 2. The summed E-state index contributed by atoms with van der Waals surface area (Å²) in [6.45, 7) is 6.73. The molecule has 2 fully saturated rings. The molecule has 2 amide bonds. The molecule has 0 bridgehead atoms. The fraction of sp³-hybridized carbons (Fsp3) is 0.679. The van der Waals surface area contributed by atoms with E-state index in [1.165, 1.54) is 12.2 Å². The first-order valence-electron chi connectivity index (χ1n) is 14.0. The van der Waals surface area contributed by atoms with Crippen LogP contribution in [0.2, 0.25) is 0 Å². The molecule has 2 saturated heterocycles. The van der Waals surface area contributed by atoms with Gasteiger partial charge in [0.05, 0.1) is 26.2 Å². The van der Waals surface area contributed by atoms with Gasteiger partial charge in [-0.2, -0.15) is 0 Å². The molecule has 4 rings (SSSR count). The molecule has 0 aromatic heterocycles. The molecule has 11 nitrogen and oxygen atoms in total. The Morgan fingerprint density at radius 3 is 2.69 bits per heavy atom. The summed E-state index contributed by atoms with van der Waals surface area (Å²) in [5.74, 6) is -0.578. The fourth-order valence-electron chi connectivity index (χ4n) is 5.90. The van der Waals surface area contributed by atoms with Gasteiger partial charge in [-0.3, -0.25) is 24.1 Å². The minimum atomic E-state index is -0.915. The highest BCUT2D eigenvalue weighted by Gasteiger charge is 2.47. The molecule has 216 valence electrons. The van der Waals surface area contributed by atoms with Gasteiger partial charge in [-0.15, -0.1) is 0 Å². The van der Waals surface area contributed by atoms with Crippen molar-refractivity contribution >= 4 is 17.8 Å². The Bertz CT molecular complexity index is 1030. The molecule has 3 aliphatic rings. The van der Waals surface area contributed by atoms with E-state index in [1.54, 1.807) is 0 Å². The average Bonchev–Trinajstić information content (AvgIpc) is 3.65. The summed E-state index contributed by atoms with van der Waals surface area (Å²) in [6.07, 6.45) is 4.17. The van der Waals surface area contributed by atoms with Crippen LogP contribution in [-0.2, 0) is 19.2 Å². The molecule has 39 heavy (non-hydrogen) atoms. The zero-order chi connectivity index (χ0) is 27.9. The van der Waals surface area contributed by atoms with Gasteiger partial charge < -0.3 is 24.2 Å². The molecular weight excluding hydrogens is 506 g/mol. The second-order valence-corrected chi connectivity index (χ2v) is 10.4. The Hall–Kier alpha value is -3.05. The van der Waals surface area contributed by atoms with E-state index in [0.29, 0.717) is 62.8 Å². The van der Waals surface area contributed by atoms with Gasteiger partial charge in [0.2, 0.25) is 18.4 Å². The average molecular weight is 548 g/mol. The Kier molecular flexibility index (Phi) is 9.90. The van der Waals surface area contributed by atoms with Crippen LogP contribution in [0.3, 0.4) is 0 Å². The van der Waals surface area contributed by atoms with Gasteiger partial charge in [0.15, 0.2) is 11.5 Å². The van der Waals surface area contributed by atoms with Crippen LogP contribution in [0.5, 0.6) is 17.2 Å². The topological polar surface area (TPSA) is 118 Å². The largest absolute Gasteiger partial charge is 0.493 e. The summed E-state index contributed by atoms with van der Waals surface area (Å²) < 4.78 is 16.7. The van der Waals surface area contributed by atoms with Crippen molar-refractivity contribution < 1.29 is 38.5 Å². The van der Waals surface area contributed by atoms with E-state index in [4.69, 9.17) is 19.0 Å². The lowest BCUT2D eigenvalue weighted by molar-refractivity contribution is -0.188. The van der Waals surface area contributed by atoms with Gasteiger partial charge in [0, 0.05) is 44.6 Å². The molecule has 1 unspecified atom stereocenters. The van der Waals surface area contributed by atoms with Crippen LogP contribution in [0.4, 0.5) is 0 Å². The van der Waals surface area contributed by atoms with Crippen molar-refractivity contribution in [2.24, 2.45) is 5.92 Å². The number of nitrogens with zero attached hydrogens (tertiary/aromatic N) is 3. The van der Waals surface area contributed by atoms with Crippen LogP contribution in [0.1, 0.15) is 63.9 Å². The third-order valence-corrected chi connectivity index (χ3v) is 7.74. The van der Waals surface area contributed by atoms with Gasteiger partial charge >= 0.3 is 5.97 Å². The Morgan fingerprint density at radius 2 is 2.03 bits per heavy atom. The summed E-state index contributed by atoms with van der Waals surface area (Å²) >= 11 is 0. The minimum Gasteiger partial charge on any atom is -0.493 e. The van der Waals surface area contributed by atoms with Crippen LogP contribution < -0.4 is 14.2 Å². The van der Waals surface area contributed by atoms with Crippen molar-refractivity contribution in [2.75, 3.05) is 53.2 Å². The molecule has 1 N–H and O–H groups in total. The highest BCUT2D eigenvalue weighted by molar-refractivity contribution is 5.79. The second-order valence-electron chi connectivity index (χ2n) is 10.4. The first-order chi connectivity index (χ1) is 18.9. The van der Waals surface area contributed by atoms with Gasteiger partial charge in [-0.05, 0) is 49.8 Å². The summed E-state index contributed by atoms with van der Waals surface area (Å²) in [5.41, 5.74) is 0.769.